The summed E-state index contributed by atoms with van der Waals surface area (Å²) < 4.78 is 10.9. The van der Waals surface area contributed by atoms with Crippen LogP contribution in [0.15, 0.2) is 18.2 Å². The first kappa shape index (κ1) is 19.3. The van der Waals surface area contributed by atoms with Crippen LogP contribution < -0.4 is 15.2 Å². The molecule has 23 heavy (non-hydrogen) atoms. The third kappa shape index (κ3) is 6.48. The number of primary amides is 1. The van der Waals surface area contributed by atoms with E-state index < -0.39 is 0 Å². The van der Waals surface area contributed by atoms with E-state index in [0.717, 1.165) is 31.2 Å². The second-order valence-corrected chi connectivity index (χ2v) is 5.64. The number of aliphatic hydroxyl groups excluding tert-OH is 1. The number of ether oxygens (including phenoxy) is 2. The zero-order valence-corrected chi connectivity index (χ0v) is 14.2. The molecule has 1 unspecified atom stereocenters. The van der Waals surface area contributed by atoms with E-state index >= 15 is 0 Å². The molecule has 0 radical (unpaired) electrons. The van der Waals surface area contributed by atoms with Crippen LogP contribution in [0.25, 0.3) is 0 Å². The molecule has 5 nitrogen and oxygen atoms in total. The van der Waals surface area contributed by atoms with Crippen molar-refractivity contribution in [3.8, 4) is 11.5 Å². The third-order valence-electron chi connectivity index (χ3n) is 3.84. The van der Waals surface area contributed by atoms with Crippen LogP contribution >= 0.6 is 0 Å². The van der Waals surface area contributed by atoms with Crippen LogP contribution in [0.1, 0.15) is 56.9 Å². The molecule has 1 amide bonds. The highest BCUT2D eigenvalue weighted by atomic mass is 16.5. The Hall–Kier alpha value is -1.75. The first-order chi connectivity index (χ1) is 11.1. The van der Waals surface area contributed by atoms with Gasteiger partial charge in [-0.3, -0.25) is 4.79 Å². The number of amides is 1. The lowest BCUT2D eigenvalue weighted by molar-refractivity contribution is -0.119. The highest BCUT2D eigenvalue weighted by Crippen LogP contribution is 2.33. The van der Waals surface area contributed by atoms with E-state index in [4.69, 9.17) is 20.3 Å². The van der Waals surface area contributed by atoms with Gasteiger partial charge in [0.25, 0.3) is 0 Å². The van der Waals surface area contributed by atoms with Crippen molar-refractivity contribution in [3.05, 3.63) is 23.8 Å². The standard InChI is InChI=1S/C18H29NO4/c1-3-4-5-6-8-15(18(19)21)14-9-10-16(22-2)17(13-14)23-12-7-11-20/h9-10,13,15,20H,3-8,11-12H2,1-2H3,(H2,19,21). The summed E-state index contributed by atoms with van der Waals surface area (Å²) >= 11 is 0. The van der Waals surface area contributed by atoms with Gasteiger partial charge in [-0.2, -0.15) is 0 Å². The van der Waals surface area contributed by atoms with E-state index in [-0.39, 0.29) is 18.4 Å². The summed E-state index contributed by atoms with van der Waals surface area (Å²) in [5.41, 5.74) is 6.44. The van der Waals surface area contributed by atoms with Gasteiger partial charge in [-0.05, 0) is 24.1 Å². The van der Waals surface area contributed by atoms with Crippen molar-refractivity contribution < 1.29 is 19.4 Å². The summed E-state index contributed by atoms with van der Waals surface area (Å²) in [4.78, 5) is 11.8. The van der Waals surface area contributed by atoms with Gasteiger partial charge in [0.05, 0.1) is 19.6 Å². The number of carbonyl (C=O) groups is 1. The monoisotopic (exact) mass is 323 g/mol. The third-order valence-corrected chi connectivity index (χ3v) is 3.84. The van der Waals surface area contributed by atoms with E-state index in [1.807, 2.05) is 12.1 Å². The van der Waals surface area contributed by atoms with Gasteiger partial charge in [0, 0.05) is 13.0 Å². The fraction of sp³-hybridized carbons (Fsp3) is 0.611. The van der Waals surface area contributed by atoms with Crippen LogP contribution in [-0.2, 0) is 4.79 Å². The van der Waals surface area contributed by atoms with Crippen molar-refractivity contribution in [2.75, 3.05) is 20.3 Å². The van der Waals surface area contributed by atoms with Gasteiger partial charge in [-0.1, -0.05) is 38.7 Å². The van der Waals surface area contributed by atoms with Gasteiger partial charge in [-0.25, -0.2) is 0 Å². The van der Waals surface area contributed by atoms with Gasteiger partial charge < -0.3 is 20.3 Å². The van der Waals surface area contributed by atoms with Crippen LogP contribution in [0.3, 0.4) is 0 Å². The van der Waals surface area contributed by atoms with E-state index in [1.165, 1.54) is 6.42 Å². The molecular formula is C18H29NO4. The minimum absolute atomic E-state index is 0.0728. The van der Waals surface area contributed by atoms with Gasteiger partial charge in [0.15, 0.2) is 11.5 Å². The molecule has 0 heterocycles. The lowest BCUT2D eigenvalue weighted by Crippen LogP contribution is -2.21. The number of unbranched alkanes of at least 4 members (excludes halogenated alkanes) is 3. The molecule has 1 atom stereocenters. The molecule has 0 aliphatic carbocycles. The molecule has 0 spiro atoms. The Bertz CT molecular complexity index is 476. The molecule has 5 heteroatoms. The second kappa shape index (κ2) is 10.9. The average molecular weight is 323 g/mol. The van der Waals surface area contributed by atoms with E-state index in [0.29, 0.717) is 24.5 Å². The van der Waals surface area contributed by atoms with Crippen molar-refractivity contribution in [1.29, 1.82) is 0 Å². The maximum Gasteiger partial charge on any atom is 0.224 e. The maximum absolute atomic E-state index is 11.8. The topological polar surface area (TPSA) is 81.8 Å². The summed E-state index contributed by atoms with van der Waals surface area (Å²) in [7, 11) is 1.57. The van der Waals surface area contributed by atoms with E-state index in [2.05, 4.69) is 6.92 Å². The zero-order valence-electron chi connectivity index (χ0n) is 14.2. The Labute approximate surface area is 138 Å². The van der Waals surface area contributed by atoms with Crippen molar-refractivity contribution in [3.63, 3.8) is 0 Å². The highest BCUT2D eigenvalue weighted by Gasteiger charge is 2.19. The number of hydrogen-bond donors (Lipinski definition) is 2. The maximum atomic E-state index is 11.8. The Morgan fingerprint density at radius 3 is 2.61 bits per heavy atom. The van der Waals surface area contributed by atoms with E-state index in [9.17, 15) is 4.79 Å². The molecule has 0 bridgehead atoms. The van der Waals surface area contributed by atoms with Gasteiger partial charge in [0.2, 0.25) is 5.91 Å². The van der Waals surface area contributed by atoms with Crippen molar-refractivity contribution in [2.45, 2.75) is 51.4 Å². The van der Waals surface area contributed by atoms with Crippen LogP contribution in [0.2, 0.25) is 0 Å². The molecule has 1 aromatic carbocycles. The molecular weight excluding hydrogens is 294 g/mol. The summed E-state index contributed by atoms with van der Waals surface area (Å²) in [6, 6.07) is 5.49. The van der Waals surface area contributed by atoms with Crippen molar-refractivity contribution >= 4 is 5.91 Å². The Morgan fingerprint density at radius 1 is 1.22 bits per heavy atom. The fourth-order valence-corrected chi connectivity index (χ4v) is 2.52. The summed E-state index contributed by atoms with van der Waals surface area (Å²) in [6.07, 6.45) is 5.71. The minimum atomic E-state index is -0.312. The van der Waals surface area contributed by atoms with Crippen LogP contribution in [-0.4, -0.2) is 31.3 Å². The normalized spacial score (nSPS) is 12.0. The molecule has 0 aliphatic rings. The molecule has 0 aromatic heterocycles. The Balaban J connectivity index is 2.84. The average Bonchev–Trinajstić information content (AvgIpc) is 2.55. The van der Waals surface area contributed by atoms with Crippen molar-refractivity contribution in [2.24, 2.45) is 5.73 Å². The fourth-order valence-electron chi connectivity index (χ4n) is 2.52. The molecule has 0 aliphatic heterocycles. The van der Waals surface area contributed by atoms with Gasteiger partial charge >= 0.3 is 0 Å². The number of rotatable bonds is 12. The van der Waals surface area contributed by atoms with Crippen LogP contribution in [0, 0.1) is 0 Å². The van der Waals surface area contributed by atoms with Crippen LogP contribution in [0.5, 0.6) is 11.5 Å². The first-order valence-electron chi connectivity index (χ1n) is 8.34. The summed E-state index contributed by atoms with van der Waals surface area (Å²) in [6.45, 7) is 2.63. The largest absolute Gasteiger partial charge is 0.493 e. The quantitative estimate of drug-likeness (QED) is 0.579. The van der Waals surface area contributed by atoms with Crippen molar-refractivity contribution in [1.82, 2.24) is 0 Å². The van der Waals surface area contributed by atoms with Crippen LogP contribution in [0.4, 0.5) is 0 Å². The molecule has 1 aromatic rings. The molecule has 1 rings (SSSR count). The summed E-state index contributed by atoms with van der Waals surface area (Å²) in [5.74, 6) is 0.574. The molecule has 0 saturated carbocycles. The van der Waals surface area contributed by atoms with Gasteiger partial charge in [0.1, 0.15) is 0 Å². The SMILES string of the molecule is CCCCCCC(C(N)=O)c1ccc(OC)c(OCCCO)c1. The zero-order chi connectivity index (χ0) is 17.1. The predicted octanol–water partition coefficient (Wildman–Crippen LogP) is 3.00. The number of methoxy groups -OCH3 is 1. The molecule has 0 fully saturated rings. The first-order valence-corrected chi connectivity index (χ1v) is 8.34. The smallest absolute Gasteiger partial charge is 0.224 e. The van der Waals surface area contributed by atoms with E-state index in [1.54, 1.807) is 13.2 Å². The second-order valence-electron chi connectivity index (χ2n) is 5.64. The molecule has 0 saturated heterocycles. The number of aliphatic hydroxyl groups is 1. The minimum Gasteiger partial charge on any atom is -0.493 e. The Morgan fingerprint density at radius 2 is 2.00 bits per heavy atom. The predicted molar refractivity (Wildman–Crippen MR) is 90.9 cm³/mol. The number of nitrogens with two attached hydrogens (primary N) is 1. The lowest BCUT2D eigenvalue weighted by Gasteiger charge is -2.17. The van der Waals surface area contributed by atoms with Gasteiger partial charge in [-0.15, -0.1) is 0 Å². The number of carbonyl (C=O) groups excluding carboxylic acids is 1. The molecule has 3 N–H and O–H groups in total. The molecule has 130 valence electrons. The summed E-state index contributed by atoms with van der Waals surface area (Å²) in [5, 5.41) is 8.85. The lowest BCUT2D eigenvalue weighted by atomic mass is 9.92. The highest BCUT2D eigenvalue weighted by molar-refractivity contribution is 5.82. The number of hydrogen-bond acceptors (Lipinski definition) is 4. The Kier molecular flexibility index (Phi) is 9.14. The number of benzene rings is 1.